The molecule has 0 fully saturated rings. The summed E-state index contributed by atoms with van der Waals surface area (Å²) in [5, 5.41) is 3.88. The molecule has 0 unspecified atom stereocenters. The van der Waals surface area contributed by atoms with Crippen LogP contribution in [-0.4, -0.2) is 14.6 Å². The first kappa shape index (κ1) is 6.84. The predicted molar refractivity (Wildman–Crippen MR) is 41.4 cm³/mol. The highest BCUT2D eigenvalue weighted by Crippen LogP contribution is 1.88. The number of aryl methyl sites for hydroxylation is 1. The van der Waals surface area contributed by atoms with Crippen LogP contribution < -0.4 is 15.9 Å². The molecule has 0 saturated carbocycles. The van der Waals surface area contributed by atoms with Gasteiger partial charge in [0, 0.05) is 0 Å². The minimum Gasteiger partial charge on any atom is -0.366 e. The molecule has 6 nitrogen and oxygen atoms in total. The Morgan fingerprint density at radius 1 is 1.75 bits per heavy atom. The zero-order chi connectivity index (χ0) is 8.72. The molecule has 0 aromatic carbocycles. The summed E-state index contributed by atoms with van der Waals surface area (Å²) in [6, 6.07) is 0. The fraction of sp³-hybridized carbons (Fsp3) is 0.167. The van der Waals surface area contributed by atoms with E-state index < -0.39 is 0 Å². The van der Waals surface area contributed by atoms with Crippen LogP contribution in [0.25, 0.3) is 5.65 Å². The first-order valence-electron chi connectivity index (χ1n) is 3.41. The Morgan fingerprint density at radius 2 is 2.50 bits per heavy atom. The molecule has 0 radical (unpaired) electrons. The molecule has 0 saturated heterocycles. The second-order valence-corrected chi connectivity index (χ2v) is 2.52. The van der Waals surface area contributed by atoms with E-state index in [0.29, 0.717) is 5.65 Å². The summed E-state index contributed by atoms with van der Waals surface area (Å²) in [7, 11) is 1.77. The number of H-pyrrole nitrogens is 1. The third-order valence-electron chi connectivity index (χ3n) is 1.64. The molecule has 2 aromatic heterocycles. The van der Waals surface area contributed by atoms with Crippen molar-refractivity contribution in [2.45, 2.75) is 0 Å². The number of imidazole rings is 1. The second kappa shape index (κ2) is 2.07. The number of aromatic amines is 1. The molecule has 3 N–H and O–H groups in total. The molecule has 0 aliphatic heterocycles. The van der Waals surface area contributed by atoms with Gasteiger partial charge in [0.1, 0.15) is 6.20 Å². The Hall–Kier alpha value is -1.85. The molecule has 0 amide bonds. The van der Waals surface area contributed by atoms with E-state index in [-0.39, 0.29) is 11.5 Å². The van der Waals surface area contributed by atoms with Gasteiger partial charge < -0.3 is 5.73 Å². The van der Waals surface area contributed by atoms with E-state index in [9.17, 15) is 4.79 Å². The van der Waals surface area contributed by atoms with Gasteiger partial charge in [-0.3, -0.25) is 9.78 Å². The standard InChI is InChI=1S/C6H7N5O/c1-10-2-3-11-5(10)4(12)8-6(7)9-11/h2-3H,1H3,(H2-,7,8,9,12)/p+1. The van der Waals surface area contributed by atoms with Crippen LogP contribution in [0.1, 0.15) is 0 Å². The lowest BCUT2D eigenvalue weighted by Gasteiger charge is -1.88. The van der Waals surface area contributed by atoms with E-state index in [2.05, 4.69) is 10.1 Å². The molecule has 2 rings (SSSR count). The summed E-state index contributed by atoms with van der Waals surface area (Å²) in [4.78, 5) is 13.7. The lowest BCUT2D eigenvalue weighted by molar-refractivity contribution is -0.645. The normalized spacial score (nSPS) is 10.8. The van der Waals surface area contributed by atoms with Gasteiger partial charge in [0.25, 0.3) is 0 Å². The number of hydrogen-bond acceptors (Lipinski definition) is 3. The van der Waals surface area contributed by atoms with E-state index >= 15 is 0 Å². The van der Waals surface area contributed by atoms with Crippen LogP contribution in [-0.2, 0) is 7.05 Å². The topological polar surface area (TPSA) is 80.1 Å². The highest BCUT2D eigenvalue weighted by Gasteiger charge is 2.12. The van der Waals surface area contributed by atoms with Crippen LogP contribution >= 0.6 is 0 Å². The van der Waals surface area contributed by atoms with Crippen molar-refractivity contribution < 1.29 is 4.57 Å². The molecule has 62 valence electrons. The van der Waals surface area contributed by atoms with E-state index in [4.69, 9.17) is 5.73 Å². The third kappa shape index (κ3) is 0.777. The van der Waals surface area contributed by atoms with Gasteiger partial charge in [-0.1, -0.05) is 4.52 Å². The predicted octanol–water partition coefficient (Wildman–Crippen LogP) is -1.57. The Labute approximate surface area is 67.3 Å². The SMILES string of the molecule is C[n+]1ccn2nc(N)[nH]c(=O)c21. The number of nitrogens with one attached hydrogen (secondary N) is 1. The molecule has 2 aromatic rings. The number of aromatic nitrogens is 4. The molecule has 0 spiro atoms. The molecule has 6 heteroatoms. The Kier molecular flexibility index (Phi) is 1.18. The number of nitrogen functional groups attached to an aromatic ring is 1. The van der Waals surface area contributed by atoms with Crippen molar-refractivity contribution in [3.8, 4) is 0 Å². The average molecular weight is 166 g/mol. The lowest BCUT2D eigenvalue weighted by atomic mass is 10.7. The van der Waals surface area contributed by atoms with E-state index in [1.165, 1.54) is 4.52 Å². The molecule has 0 aliphatic carbocycles. The summed E-state index contributed by atoms with van der Waals surface area (Å²) < 4.78 is 3.11. The number of nitrogens with two attached hydrogens (primary N) is 1. The summed E-state index contributed by atoms with van der Waals surface area (Å²) in [6.07, 6.45) is 3.40. The van der Waals surface area contributed by atoms with Crippen LogP contribution in [0.15, 0.2) is 17.2 Å². The van der Waals surface area contributed by atoms with Crippen molar-refractivity contribution in [1.29, 1.82) is 0 Å². The second-order valence-electron chi connectivity index (χ2n) is 2.52. The first-order chi connectivity index (χ1) is 5.68. The highest BCUT2D eigenvalue weighted by molar-refractivity contribution is 5.29. The van der Waals surface area contributed by atoms with Crippen molar-refractivity contribution >= 4 is 11.6 Å². The van der Waals surface area contributed by atoms with Crippen LogP contribution in [0.5, 0.6) is 0 Å². The van der Waals surface area contributed by atoms with Crippen molar-refractivity contribution in [2.24, 2.45) is 7.05 Å². The van der Waals surface area contributed by atoms with Gasteiger partial charge in [0.15, 0.2) is 6.20 Å². The molecular formula is C6H8N5O+. The molecular weight excluding hydrogens is 158 g/mol. The maximum Gasteiger partial charge on any atom is 0.373 e. The molecule has 0 bridgehead atoms. The van der Waals surface area contributed by atoms with E-state index in [1.807, 2.05) is 0 Å². The number of fused-ring (bicyclic) bond motifs is 1. The Bertz CT molecular complexity index is 482. The average Bonchev–Trinajstić information content (AvgIpc) is 2.31. The van der Waals surface area contributed by atoms with Gasteiger partial charge in [-0.25, -0.2) is 4.57 Å². The quantitative estimate of drug-likeness (QED) is 0.464. The maximum absolute atomic E-state index is 11.3. The minimum absolute atomic E-state index is 0.115. The number of hydrogen-bond donors (Lipinski definition) is 2. The Morgan fingerprint density at radius 3 is 3.25 bits per heavy atom. The molecule has 2 heterocycles. The monoisotopic (exact) mass is 166 g/mol. The highest BCUT2D eigenvalue weighted by atomic mass is 16.1. The maximum atomic E-state index is 11.3. The van der Waals surface area contributed by atoms with E-state index in [1.54, 1.807) is 24.0 Å². The van der Waals surface area contributed by atoms with Crippen molar-refractivity contribution in [3.63, 3.8) is 0 Å². The zero-order valence-electron chi connectivity index (χ0n) is 6.48. The fourth-order valence-corrected chi connectivity index (χ4v) is 1.12. The van der Waals surface area contributed by atoms with Gasteiger partial charge in [0.05, 0.1) is 7.05 Å². The zero-order valence-corrected chi connectivity index (χ0v) is 6.48. The van der Waals surface area contributed by atoms with Crippen molar-refractivity contribution in [3.05, 3.63) is 22.7 Å². The molecule has 0 atom stereocenters. The van der Waals surface area contributed by atoms with Crippen LogP contribution in [0.3, 0.4) is 0 Å². The van der Waals surface area contributed by atoms with E-state index in [0.717, 1.165) is 0 Å². The van der Waals surface area contributed by atoms with Crippen LogP contribution in [0.2, 0.25) is 0 Å². The smallest absolute Gasteiger partial charge is 0.366 e. The number of anilines is 1. The molecule has 0 aliphatic rings. The minimum atomic E-state index is -0.241. The Balaban J connectivity index is 3.03. The first-order valence-corrected chi connectivity index (χ1v) is 3.41. The van der Waals surface area contributed by atoms with Gasteiger partial charge in [-0.15, -0.1) is 0 Å². The summed E-state index contributed by atoms with van der Waals surface area (Å²) in [5.41, 5.74) is 5.56. The summed E-state index contributed by atoms with van der Waals surface area (Å²) >= 11 is 0. The van der Waals surface area contributed by atoms with Crippen LogP contribution in [0.4, 0.5) is 5.95 Å². The third-order valence-corrected chi connectivity index (χ3v) is 1.64. The van der Waals surface area contributed by atoms with Crippen molar-refractivity contribution in [1.82, 2.24) is 14.6 Å². The van der Waals surface area contributed by atoms with Gasteiger partial charge in [0.2, 0.25) is 5.95 Å². The summed E-state index contributed by atoms with van der Waals surface area (Å²) in [6.45, 7) is 0. The largest absolute Gasteiger partial charge is 0.373 e. The number of rotatable bonds is 0. The van der Waals surface area contributed by atoms with Crippen molar-refractivity contribution in [2.75, 3.05) is 5.73 Å². The number of nitrogens with zero attached hydrogens (tertiary/aromatic N) is 3. The van der Waals surface area contributed by atoms with Gasteiger partial charge in [-0.05, 0) is 5.10 Å². The summed E-state index contributed by atoms with van der Waals surface area (Å²) in [5.74, 6) is 0.115. The lowest BCUT2D eigenvalue weighted by Crippen LogP contribution is -2.33. The van der Waals surface area contributed by atoms with Gasteiger partial charge >= 0.3 is 11.2 Å². The molecule has 12 heavy (non-hydrogen) atoms. The van der Waals surface area contributed by atoms with Gasteiger partial charge in [-0.2, -0.15) is 0 Å². The van der Waals surface area contributed by atoms with Crippen LogP contribution in [0, 0.1) is 0 Å². The fourth-order valence-electron chi connectivity index (χ4n) is 1.12.